The average molecular weight is 423 g/mol. The number of aryl methyl sites for hydroxylation is 1. The van der Waals surface area contributed by atoms with Crippen LogP contribution in [0.1, 0.15) is 18.1 Å². The highest BCUT2D eigenvalue weighted by Crippen LogP contribution is 2.40. The Morgan fingerprint density at radius 1 is 1.00 bits per heavy atom. The zero-order valence-corrected chi connectivity index (χ0v) is 17.9. The van der Waals surface area contributed by atoms with Crippen molar-refractivity contribution in [1.29, 1.82) is 0 Å². The Kier molecular flexibility index (Phi) is 5.41. The summed E-state index contributed by atoms with van der Waals surface area (Å²) in [6.45, 7) is 2.11. The van der Waals surface area contributed by atoms with Crippen LogP contribution in [0, 0.1) is 0 Å². The number of thiazole rings is 1. The van der Waals surface area contributed by atoms with Gasteiger partial charge < -0.3 is 14.2 Å². The molecule has 2 heterocycles. The molecule has 0 atom stereocenters. The van der Waals surface area contributed by atoms with E-state index in [-0.39, 0.29) is 5.56 Å². The zero-order chi connectivity index (χ0) is 21.3. The van der Waals surface area contributed by atoms with Gasteiger partial charge in [-0.15, -0.1) is 10.2 Å². The highest BCUT2D eigenvalue weighted by atomic mass is 32.1. The molecule has 0 N–H and O–H groups in total. The molecule has 0 saturated carbocycles. The highest BCUT2D eigenvalue weighted by molar-refractivity contribution is 7.15. The summed E-state index contributed by atoms with van der Waals surface area (Å²) >= 11 is 1.31. The number of benzene rings is 2. The number of rotatable bonds is 6. The Bertz CT molecular complexity index is 1280. The van der Waals surface area contributed by atoms with Crippen molar-refractivity contribution in [2.75, 3.05) is 21.3 Å². The maximum absolute atomic E-state index is 13.1. The molecular formula is C22H21N3O4S. The first-order chi connectivity index (χ1) is 14.6. The molecule has 8 heteroatoms. The van der Waals surface area contributed by atoms with Crippen LogP contribution < -0.4 is 24.3 Å². The SMILES string of the molecule is CCc1ccc(/C=c2/sc3nnc(-c4cc(OC)c(OC)c(OC)c4)n3c2=O)cc1. The van der Waals surface area contributed by atoms with E-state index in [1.54, 1.807) is 33.5 Å². The lowest BCUT2D eigenvalue weighted by Crippen LogP contribution is -2.23. The van der Waals surface area contributed by atoms with E-state index in [1.807, 2.05) is 18.2 Å². The van der Waals surface area contributed by atoms with Gasteiger partial charge >= 0.3 is 0 Å². The second kappa shape index (κ2) is 8.16. The van der Waals surface area contributed by atoms with Gasteiger partial charge in [-0.2, -0.15) is 0 Å². The van der Waals surface area contributed by atoms with E-state index in [4.69, 9.17) is 14.2 Å². The molecule has 0 unspecified atom stereocenters. The minimum absolute atomic E-state index is 0.164. The number of nitrogens with zero attached hydrogens (tertiary/aromatic N) is 3. The van der Waals surface area contributed by atoms with Gasteiger partial charge in [-0.25, -0.2) is 4.40 Å². The van der Waals surface area contributed by atoms with Crippen LogP contribution in [0.15, 0.2) is 41.2 Å². The van der Waals surface area contributed by atoms with Crippen molar-refractivity contribution in [3.8, 4) is 28.6 Å². The summed E-state index contributed by atoms with van der Waals surface area (Å²) < 4.78 is 18.3. The summed E-state index contributed by atoms with van der Waals surface area (Å²) in [5.74, 6) is 1.86. The van der Waals surface area contributed by atoms with E-state index in [9.17, 15) is 4.79 Å². The van der Waals surface area contributed by atoms with E-state index < -0.39 is 0 Å². The fourth-order valence-corrected chi connectivity index (χ4v) is 4.17. The van der Waals surface area contributed by atoms with Gasteiger partial charge in [0.05, 0.1) is 25.9 Å². The summed E-state index contributed by atoms with van der Waals surface area (Å²) in [5.41, 5.74) is 2.70. The number of hydrogen-bond donors (Lipinski definition) is 0. The van der Waals surface area contributed by atoms with Crippen molar-refractivity contribution >= 4 is 22.4 Å². The standard InChI is InChI=1S/C22H21N3O4S/c1-5-13-6-8-14(9-7-13)10-18-21(26)25-20(23-24-22(25)30-18)15-11-16(27-2)19(29-4)17(12-15)28-3/h6-12H,5H2,1-4H3/b18-10+. The van der Waals surface area contributed by atoms with Gasteiger partial charge in [0.1, 0.15) is 0 Å². The number of methoxy groups -OCH3 is 3. The molecule has 0 aliphatic heterocycles. The second-order valence-electron chi connectivity index (χ2n) is 6.57. The maximum Gasteiger partial charge on any atom is 0.276 e. The molecule has 0 aliphatic rings. The van der Waals surface area contributed by atoms with Gasteiger partial charge in [0.15, 0.2) is 17.3 Å². The Labute approximate surface area is 177 Å². The van der Waals surface area contributed by atoms with Crippen LogP contribution in [0.4, 0.5) is 0 Å². The lowest BCUT2D eigenvalue weighted by molar-refractivity contribution is 0.324. The van der Waals surface area contributed by atoms with Gasteiger partial charge in [-0.1, -0.05) is 42.5 Å². The molecule has 154 valence electrons. The molecule has 7 nitrogen and oxygen atoms in total. The predicted molar refractivity (Wildman–Crippen MR) is 117 cm³/mol. The molecule has 0 spiro atoms. The summed E-state index contributed by atoms with van der Waals surface area (Å²) in [6, 6.07) is 11.7. The molecule has 0 saturated heterocycles. The number of ether oxygens (including phenoxy) is 3. The largest absolute Gasteiger partial charge is 0.493 e. The van der Waals surface area contributed by atoms with Crippen molar-refractivity contribution < 1.29 is 14.2 Å². The Hall–Kier alpha value is -3.39. The van der Waals surface area contributed by atoms with E-state index in [1.165, 1.54) is 21.3 Å². The van der Waals surface area contributed by atoms with Crippen LogP contribution in [0.2, 0.25) is 0 Å². The highest BCUT2D eigenvalue weighted by Gasteiger charge is 2.19. The van der Waals surface area contributed by atoms with E-state index in [0.29, 0.717) is 38.1 Å². The average Bonchev–Trinajstić information content (AvgIpc) is 3.33. The van der Waals surface area contributed by atoms with Crippen LogP contribution >= 0.6 is 11.3 Å². The van der Waals surface area contributed by atoms with Crippen LogP contribution in [-0.2, 0) is 6.42 Å². The smallest absolute Gasteiger partial charge is 0.276 e. The Morgan fingerprint density at radius 2 is 1.67 bits per heavy atom. The maximum atomic E-state index is 13.1. The molecule has 4 rings (SSSR count). The Balaban J connectivity index is 1.86. The molecule has 0 aliphatic carbocycles. The van der Waals surface area contributed by atoms with Crippen molar-refractivity contribution in [2.24, 2.45) is 0 Å². The lowest BCUT2D eigenvalue weighted by atomic mass is 10.1. The van der Waals surface area contributed by atoms with Crippen molar-refractivity contribution in [2.45, 2.75) is 13.3 Å². The van der Waals surface area contributed by atoms with E-state index >= 15 is 0 Å². The summed E-state index contributed by atoms with van der Waals surface area (Å²) in [7, 11) is 4.63. The predicted octanol–water partition coefficient (Wildman–Crippen LogP) is 2.95. The molecule has 0 radical (unpaired) electrons. The molecule has 0 fully saturated rings. The molecular weight excluding hydrogens is 402 g/mol. The molecule has 0 amide bonds. The van der Waals surface area contributed by atoms with Crippen LogP contribution in [0.5, 0.6) is 17.2 Å². The van der Waals surface area contributed by atoms with E-state index in [0.717, 1.165) is 12.0 Å². The third-order valence-corrected chi connectivity index (χ3v) is 5.82. The van der Waals surface area contributed by atoms with Gasteiger partial charge in [-0.05, 0) is 35.8 Å². The molecule has 30 heavy (non-hydrogen) atoms. The monoisotopic (exact) mass is 423 g/mol. The minimum Gasteiger partial charge on any atom is -0.493 e. The van der Waals surface area contributed by atoms with Gasteiger partial charge in [0.2, 0.25) is 10.7 Å². The van der Waals surface area contributed by atoms with Gasteiger partial charge in [-0.3, -0.25) is 4.79 Å². The van der Waals surface area contributed by atoms with Crippen LogP contribution in [0.25, 0.3) is 22.4 Å². The zero-order valence-electron chi connectivity index (χ0n) is 17.1. The molecule has 0 bridgehead atoms. The number of aromatic nitrogens is 3. The fraction of sp³-hybridized carbons (Fsp3) is 0.227. The fourth-order valence-electron chi connectivity index (χ4n) is 3.26. The third kappa shape index (κ3) is 3.39. The third-order valence-electron chi connectivity index (χ3n) is 4.86. The summed E-state index contributed by atoms with van der Waals surface area (Å²) in [5, 5.41) is 8.42. The quantitative estimate of drug-likeness (QED) is 0.475. The normalized spacial score (nSPS) is 11.8. The first-order valence-corrected chi connectivity index (χ1v) is 10.2. The lowest BCUT2D eigenvalue weighted by Gasteiger charge is -2.13. The van der Waals surface area contributed by atoms with E-state index in [2.05, 4.69) is 29.3 Å². The number of fused-ring (bicyclic) bond motifs is 1. The second-order valence-corrected chi connectivity index (χ2v) is 7.58. The van der Waals surface area contributed by atoms with Gasteiger partial charge in [0.25, 0.3) is 5.56 Å². The summed E-state index contributed by atoms with van der Waals surface area (Å²) in [6.07, 6.45) is 2.85. The van der Waals surface area contributed by atoms with Crippen LogP contribution in [-0.4, -0.2) is 35.9 Å². The molecule has 2 aromatic carbocycles. The van der Waals surface area contributed by atoms with Crippen LogP contribution in [0.3, 0.4) is 0 Å². The van der Waals surface area contributed by atoms with Crippen molar-refractivity contribution in [3.05, 3.63) is 62.4 Å². The molecule has 2 aromatic heterocycles. The summed E-state index contributed by atoms with van der Waals surface area (Å²) in [4.78, 5) is 13.6. The number of hydrogen-bond acceptors (Lipinski definition) is 7. The van der Waals surface area contributed by atoms with Crippen molar-refractivity contribution in [1.82, 2.24) is 14.6 Å². The minimum atomic E-state index is -0.164. The van der Waals surface area contributed by atoms with Gasteiger partial charge in [0, 0.05) is 5.56 Å². The first-order valence-electron chi connectivity index (χ1n) is 9.38. The van der Waals surface area contributed by atoms with Crippen molar-refractivity contribution in [3.63, 3.8) is 0 Å². The topological polar surface area (TPSA) is 75.0 Å². The Morgan fingerprint density at radius 3 is 2.23 bits per heavy atom. The first kappa shape index (κ1) is 19.9. The molecule has 4 aromatic rings.